The van der Waals surface area contributed by atoms with Crippen molar-refractivity contribution in [2.45, 2.75) is 13.5 Å². The summed E-state index contributed by atoms with van der Waals surface area (Å²) in [4.78, 5) is 26.4. The van der Waals surface area contributed by atoms with Crippen molar-refractivity contribution >= 4 is 18.0 Å². The number of nitrogens with one attached hydrogen (secondary N) is 1. The minimum absolute atomic E-state index is 0.239. The fraction of sp³-hybridized carbons (Fsp3) is 0.130. The number of amides is 3. The Morgan fingerprint density at radius 1 is 1.03 bits per heavy atom. The minimum atomic E-state index is -0.412. The maximum atomic E-state index is 12.8. The molecule has 3 amide bonds. The monoisotopic (exact) mass is 387 g/mol. The summed E-state index contributed by atoms with van der Waals surface area (Å²) in [5.41, 5.74) is 3.97. The van der Waals surface area contributed by atoms with Crippen molar-refractivity contribution in [3.05, 3.63) is 89.4 Å². The Morgan fingerprint density at radius 3 is 2.55 bits per heavy atom. The first-order valence-corrected chi connectivity index (χ1v) is 9.27. The zero-order valence-electron chi connectivity index (χ0n) is 16.3. The highest BCUT2D eigenvalue weighted by Crippen LogP contribution is 2.21. The quantitative estimate of drug-likeness (QED) is 0.534. The Kier molecular flexibility index (Phi) is 4.91. The van der Waals surface area contributed by atoms with Crippen LogP contribution in [-0.4, -0.2) is 28.5 Å². The first-order chi connectivity index (χ1) is 14.0. The van der Waals surface area contributed by atoms with Gasteiger partial charge in [-0.2, -0.15) is 0 Å². The van der Waals surface area contributed by atoms with Gasteiger partial charge in [0.05, 0.1) is 13.7 Å². The predicted octanol–water partition coefficient (Wildman–Crippen LogP) is 3.89. The van der Waals surface area contributed by atoms with E-state index in [4.69, 9.17) is 4.74 Å². The van der Waals surface area contributed by atoms with Crippen LogP contribution in [0, 0.1) is 6.92 Å². The van der Waals surface area contributed by atoms with Crippen molar-refractivity contribution in [2.75, 3.05) is 7.11 Å². The zero-order valence-corrected chi connectivity index (χ0v) is 16.3. The molecule has 1 aromatic heterocycles. The zero-order chi connectivity index (χ0) is 20.4. The van der Waals surface area contributed by atoms with Gasteiger partial charge in [-0.3, -0.25) is 9.69 Å². The topological polar surface area (TPSA) is 63.6 Å². The Bertz CT molecular complexity index is 1100. The van der Waals surface area contributed by atoms with Crippen molar-refractivity contribution in [1.29, 1.82) is 0 Å². The third-order valence-corrected chi connectivity index (χ3v) is 4.81. The Morgan fingerprint density at radius 2 is 1.83 bits per heavy atom. The highest BCUT2D eigenvalue weighted by atomic mass is 16.5. The lowest BCUT2D eigenvalue weighted by Crippen LogP contribution is -2.30. The van der Waals surface area contributed by atoms with E-state index in [1.807, 2.05) is 78.4 Å². The van der Waals surface area contributed by atoms with Crippen LogP contribution in [0.2, 0.25) is 0 Å². The number of methoxy groups -OCH3 is 1. The van der Waals surface area contributed by atoms with Gasteiger partial charge in [0, 0.05) is 17.6 Å². The van der Waals surface area contributed by atoms with Crippen LogP contribution in [0.15, 0.2) is 72.6 Å². The van der Waals surface area contributed by atoms with Gasteiger partial charge in [0.1, 0.15) is 11.4 Å². The summed E-state index contributed by atoms with van der Waals surface area (Å²) in [6.07, 6.45) is 3.60. The summed E-state index contributed by atoms with van der Waals surface area (Å²) < 4.78 is 7.14. The number of aromatic nitrogens is 1. The number of hydrogen-bond acceptors (Lipinski definition) is 3. The average Bonchev–Trinajstić information content (AvgIpc) is 3.28. The number of rotatable bonds is 5. The molecule has 0 radical (unpaired) electrons. The molecular weight excluding hydrogens is 366 g/mol. The predicted molar refractivity (Wildman–Crippen MR) is 111 cm³/mol. The van der Waals surface area contributed by atoms with E-state index >= 15 is 0 Å². The number of aryl methyl sites for hydroxylation is 1. The molecule has 6 heteroatoms. The third kappa shape index (κ3) is 3.78. The number of benzene rings is 2. The largest absolute Gasteiger partial charge is 0.497 e. The lowest BCUT2D eigenvalue weighted by molar-refractivity contribution is -0.123. The van der Waals surface area contributed by atoms with Crippen molar-refractivity contribution in [3.8, 4) is 11.4 Å². The van der Waals surface area contributed by atoms with Gasteiger partial charge in [-0.15, -0.1) is 0 Å². The maximum Gasteiger partial charge on any atom is 0.329 e. The summed E-state index contributed by atoms with van der Waals surface area (Å²) in [6, 6.07) is 18.8. The molecule has 0 spiro atoms. The highest BCUT2D eigenvalue weighted by Gasteiger charge is 2.33. The van der Waals surface area contributed by atoms with Gasteiger partial charge in [-0.25, -0.2) is 4.79 Å². The van der Waals surface area contributed by atoms with Crippen molar-refractivity contribution in [1.82, 2.24) is 14.8 Å². The molecule has 6 nitrogen and oxygen atoms in total. The van der Waals surface area contributed by atoms with Gasteiger partial charge in [-0.1, -0.05) is 29.8 Å². The molecular formula is C23H21N3O3. The van der Waals surface area contributed by atoms with E-state index in [-0.39, 0.29) is 18.1 Å². The summed E-state index contributed by atoms with van der Waals surface area (Å²) in [6.45, 7) is 2.22. The van der Waals surface area contributed by atoms with Crippen LogP contribution in [0.3, 0.4) is 0 Å². The first kappa shape index (κ1) is 18.6. The molecule has 0 aliphatic carbocycles. The van der Waals surface area contributed by atoms with Gasteiger partial charge in [0.15, 0.2) is 0 Å². The van der Waals surface area contributed by atoms with Crippen molar-refractivity contribution in [3.63, 3.8) is 0 Å². The smallest absolute Gasteiger partial charge is 0.329 e. The SMILES string of the molecule is COc1ccc(-n2cccc2/C=C2/NC(=O)N(Cc3cccc(C)c3)C2=O)cc1. The number of ether oxygens (including phenoxy) is 1. The van der Waals surface area contributed by atoms with E-state index < -0.39 is 6.03 Å². The van der Waals surface area contributed by atoms with Crippen LogP contribution >= 0.6 is 0 Å². The normalized spacial score (nSPS) is 15.1. The molecule has 0 atom stereocenters. The standard InChI is InChI=1S/C23H21N3O3/c1-16-5-3-6-17(13-16)15-26-22(27)21(24-23(26)28)14-19-7-4-12-25(19)18-8-10-20(29-2)11-9-18/h3-14H,15H2,1-2H3,(H,24,28)/b21-14+. The van der Waals surface area contributed by atoms with Crippen LogP contribution in [0.5, 0.6) is 5.75 Å². The summed E-state index contributed by atoms with van der Waals surface area (Å²) in [5.74, 6) is 0.435. The number of urea groups is 1. The number of nitrogens with zero attached hydrogens (tertiary/aromatic N) is 2. The molecule has 4 rings (SSSR count). The highest BCUT2D eigenvalue weighted by molar-refractivity contribution is 6.13. The van der Waals surface area contributed by atoms with Gasteiger partial charge in [-0.05, 0) is 55.0 Å². The maximum absolute atomic E-state index is 12.8. The minimum Gasteiger partial charge on any atom is -0.497 e. The second-order valence-corrected chi connectivity index (χ2v) is 6.87. The first-order valence-electron chi connectivity index (χ1n) is 9.27. The molecule has 2 aromatic carbocycles. The molecule has 1 aliphatic heterocycles. The van der Waals surface area contributed by atoms with Crippen LogP contribution in [-0.2, 0) is 11.3 Å². The molecule has 0 unspecified atom stereocenters. The van der Waals surface area contributed by atoms with Gasteiger partial charge < -0.3 is 14.6 Å². The molecule has 2 heterocycles. The molecule has 29 heavy (non-hydrogen) atoms. The molecule has 1 aliphatic rings. The van der Waals surface area contributed by atoms with E-state index in [9.17, 15) is 9.59 Å². The number of carbonyl (C=O) groups excluding carboxylic acids is 2. The summed E-state index contributed by atoms with van der Waals surface area (Å²) in [7, 11) is 1.62. The lowest BCUT2D eigenvalue weighted by atomic mass is 10.1. The molecule has 0 bridgehead atoms. The van der Waals surface area contributed by atoms with Crippen LogP contribution in [0.4, 0.5) is 4.79 Å². The summed E-state index contributed by atoms with van der Waals surface area (Å²) >= 11 is 0. The number of carbonyl (C=O) groups is 2. The van der Waals surface area contributed by atoms with Crippen LogP contribution in [0.25, 0.3) is 11.8 Å². The van der Waals surface area contributed by atoms with E-state index in [0.29, 0.717) is 0 Å². The van der Waals surface area contributed by atoms with Gasteiger partial charge in [0.2, 0.25) is 0 Å². The Labute approximate surface area is 169 Å². The van der Waals surface area contributed by atoms with Crippen LogP contribution in [0.1, 0.15) is 16.8 Å². The van der Waals surface area contributed by atoms with E-state index in [0.717, 1.165) is 28.3 Å². The molecule has 3 aromatic rings. The molecule has 146 valence electrons. The van der Waals surface area contributed by atoms with Crippen molar-refractivity contribution < 1.29 is 14.3 Å². The van der Waals surface area contributed by atoms with E-state index in [2.05, 4.69) is 5.32 Å². The Balaban J connectivity index is 1.58. The fourth-order valence-corrected chi connectivity index (χ4v) is 3.35. The molecule has 1 fully saturated rings. The van der Waals surface area contributed by atoms with Crippen molar-refractivity contribution in [2.24, 2.45) is 0 Å². The fourth-order valence-electron chi connectivity index (χ4n) is 3.35. The Hall–Kier alpha value is -3.80. The van der Waals surface area contributed by atoms with Crippen LogP contribution < -0.4 is 10.1 Å². The number of imide groups is 1. The van der Waals surface area contributed by atoms with E-state index in [1.165, 1.54) is 4.90 Å². The molecule has 0 saturated carbocycles. The van der Waals surface area contributed by atoms with Gasteiger partial charge >= 0.3 is 6.03 Å². The summed E-state index contributed by atoms with van der Waals surface area (Å²) in [5, 5.41) is 2.69. The second-order valence-electron chi connectivity index (χ2n) is 6.87. The second kappa shape index (κ2) is 7.67. The number of hydrogen-bond donors (Lipinski definition) is 1. The third-order valence-electron chi connectivity index (χ3n) is 4.81. The lowest BCUT2D eigenvalue weighted by Gasteiger charge is -2.12. The van der Waals surface area contributed by atoms with E-state index in [1.54, 1.807) is 13.2 Å². The average molecular weight is 387 g/mol. The molecule has 1 N–H and O–H groups in total. The molecule has 1 saturated heterocycles. The van der Waals surface area contributed by atoms with Gasteiger partial charge in [0.25, 0.3) is 5.91 Å².